The number of esters is 1. The van der Waals surface area contributed by atoms with E-state index in [1.54, 1.807) is 18.4 Å². The van der Waals surface area contributed by atoms with Gasteiger partial charge in [0.05, 0.1) is 34.4 Å². The number of carbonyl (C=O) groups is 1. The van der Waals surface area contributed by atoms with Gasteiger partial charge in [-0.25, -0.2) is 14.8 Å². The third kappa shape index (κ3) is 2.50. The molecule has 1 fully saturated rings. The van der Waals surface area contributed by atoms with Gasteiger partial charge in [0.2, 0.25) is 5.16 Å². The summed E-state index contributed by atoms with van der Waals surface area (Å²) >= 11 is 0. The van der Waals surface area contributed by atoms with Crippen LogP contribution in [0.1, 0.15) is 55.7 Å². The Morgan fingerprint density at radius 1 is 1.40 bits per heavy atom. The zero-order valence-corrected chi connectivity index (χ0v) is 14.3. The maximum absolute atomic E-state index is 13.0. The predicted molar refractivity (Wildman–Crippen MR) is 94.3 cm³/mol. The summed E-state index contributed by atoms with van der Waals surface area (Å²) in [4.78, 5) is 33.9. The van der Waals surface area contributed by atoms with Crippen molar-refractivity contribution in [3.8, 4) is 0 Å². The van der Waals surface area contributed by atoms with Gasteiger partial charge in [-0.1, -0.05) is 13.8 Å². The van der Waals surface area contributed by atoms with Gasteiger partial charge in [0.25, 0.3) is 5.56 Å². The molecule has 2 aromatic heterocycles. The van der Waals surface area contributed by atoms with E-state index in [4.69, 9.17) is 4.74 Å². The molecule has 0 N–H and O–H groups in total. The minimum atomic E-state index is -1.35. The molecule has 1 aliphatic heterocycles. The lowest BCUT2D eigenvalue weighted by molar-refractivity contribution is 0.0523. The predicted octanol–water partition coefficient (Wildman–Crippen LogP) is 2.13. The summed E-state index contributed by atoms with van der Waals surface area (Å²) in [5.74, 6) is -0.642. The van der Waals surface area contributed by atoms with Crippen LogP contribution in [0, 0.1) is 6.92 Å². The van der Waals surface area contributed by atoms with Crippen molar-refractivity contribution >= 4 is 27.8 Å². The largest absolute Gasteiger partial charge is 0.462 e. The number of ether oxygens (including phenoxy) is 1. The summed E-state index contributed by atoms with van der Waals surface area (Å²) in [7, 11) is -1.35. The van der Waals surface area contributed by atoms with E-state index in [0.29, 0.717) is 16.7 Å². The molecule has 0 saturated heterocycles. The Kier molecular flexibility index (Phi) is 4.49. The number of pyridine rings is 1. The Bertz CT molecular complexity index is 953. The van der Waals surface area contributed by atoms with E-state index in [1.807, 2.05) is 0 Å². The molecule has 8 heteroatoms. The van der Waals surface area contributed by atoms with Gasteiger partial charge >= 0.3 is 5.97 Å². The summed E-state index contributed by atoms with van der Waals surface area (Å²) < 4.78 is 19.4. The van der Waals surface area contributed by atoms with Crippen LogP contribution in [0.25, 0.3) is 11.0 Å². The molecule has 2 aliphatic rings. The van der Waals surface area contributed by atoms with Crippen LogP contribution in [0.4, 0.5) is 0 Å². The van der Waals surface area contributed by atoms with Crippen molar-refractivity contribution < 1.29 is 13.7 Å². The summed E-state index contributed by atoms with van der Waals surface area (Å²) in [5.41, 5.74) is 0.656. The van der Waals surface area contributed by atoms with Crippen LogP contribution in [0.3, 0.4) is 0 Å². The monoisotopic (exact) mass is 363 g/mol. The molecule has 1 saturated carbocycles. The van der Waals surface area contributed by atoms with Crippen LogP contribution >= 0.6 is 0 Å². The summed E-state index contributed by atoms with van der Waals surface area (Å²) in [6.07, 6.45) is 2.40. The maximum atomic E-state index is 13.0. The topological polar surface area (TPSA) is 91.2 Å². The first-order valence-corrected chi connectivity index (χ1v) is 9.25. The number of fused-ring (bicyclic) bond motifs is 3. The van der Waals surface area contributed by atoms with Crippen molar-refractivity contribution in [2.75, 3.05) is 6.61 Å². The van der Waals surface area contributed by atoms with Crippen LogP contribution in [0.2, 0.25) is 0 Å². The smallest absolute Gasteiger partial charge is 0.343 e. The lowest BCUT2D eigenvalue weighted by atomic mass is 10.1. The van der Waals surface area contributed by atoms with E-state index in [0.717, 1.165) is 19.3 Å². The number of carbonyl (C=O) groups excluding carboxylic acids is 1. The molecular formula is C17H21N3O4S. The van der Waals surface area contributed by atoms with Gasteiger partial charge in [-0.15, -0.1) is 0 Å². The fourth-order valence-corrected chi connectivity index (χ4v) is 5.26. The van der Waals surface area contributed by atoms with E-state index in [9.17, 15) is 13.8 Å². The van der Waals surface area contributed by atoms with E-state index in [-0.39, 0.29) is 36.0 Å². The highest BCUT2D eigenvalue weighted by Crippen LogP contribution is 2.38. The van der Waals surface area contributed by atoms with Gasteiger partial charge in [0.1, 0.15) is 11.2 Å². The molecule has 1 aliphatic carbocycles. The molecule has 134 valence electrons. The summed E-state index contributed by atoms with van der Waals surface area (Å²) in [6.45, 7) is 3.67. The van der Waals surface area contributed by atoms with Gasteiger partial charge < -0.3 is 4.74 Å². The Balaban J connectivity index is 0.00000182. The minimum absolute atomic E-state index is 0. The average Bonchev–Trinajstić information content (AvgIpc) is 2.99. The third-order valence-corrected chi connectivity index (χ3v) is 6.40. The molecule has 2 aromatic rings. The van der Waals surface area contributed by atoms with Gasteiger partial charge in [0, 0.05) is 5.39 Å². The number of rotatable bonds is 2. The highest BCUT2D eigenvalue weighted by molar-refractivity contribution is 7.85. The molecule has 3 heterocycles. The number of aromatic nitrogens is 3. The quantitative estimate of drug-likeness (QED) is 0.600. The summed E-state index contributed by atoms with van der Waals surface area (Å²) in [6, 6.07) is 1.28. The van der Waals surface area contributed by atoms with Gasteiger partial charge in [-0.05, 0) is 32.8 Å². The lowest BCUT2D eigenvalue weighted by Gasteiger charge is -2.19. The first-order chi connectivity index (χ1) is 11.5. The standard InChI is InChI=1S/C16H17N3O4S.CH4/c1-3-23-15(21)10-7-9-8(2)17-16-18-13(9)19(14(10)20)11-5-4-6-12(11)24(16)22;/h7,11-12H,3-6H2,1-2H3;1H4. The maximum Gasteiger partial charge on any atom is 0.343 e. The average molecular weight is 363 g/mol. The molecule has 3 atom stereocenters. The number of hydrogen-bond donors (Lipinski definition) is 0. The first kappa shape index (κ1) is 17.7. The van der Waals surface area contributed by atoms with E-state index >= 15 is 0 Å². The fourth-order valence-electron chi connectivity index (χ4n) is 3.67. The molecule has 0 spiro atoms. The van der Waals surface area contributed by atoms with Crippen molar-refractivity contribution in [1.82, 2.24) is 14.5 Å². The van der Waals surface area contributed by atoms with E-state index in [1.165, 1.54) is 6.07 Å². The highest BCUT2D eigenvalue weighted by Gasteiger charge is 2.40. The highest BCUT2D eigenvalue weighted by atomic mass is 32.2. The van der Waals surface area contributed by atoms with Crippen molar-refractivity contribution in [3.63, 3.8) is 0 Å². The van der Waals surface area contributed by atoms with Crippen molar-refractivity contribution in [2.24, 2.45) is 0 Å². The zero-order chi connectivity index (χ0) is 17.0. The Morgan fingerprint density at radius 2 is 2.16 bits per heavy atom. The van der Waals surface area contributed by atoms with Crippen LogP contribution in [0.15, 0.2) is 16.0 Å². The second-order valence-corrected chi connectivity index (χ2v) is 7.68. The summed E-state index contributed by atoms with van der Waals surface area (Å²) in [5, 5.41) is 0.722. The first-order valence-electron chi connectivity index (χ1n) is 8.04. The Labute approximate surface area is 147 Å². The second kappa shape index (κ2) is 6.33. The Hall–Kier alpha value is -2.09. The SMILES string of the molecule is C.CCOC(=O)c1cc2c(C)nc3nc2n(c1=O)C1CCCC1S3=O. The molecule has 0 aromatic carbocycles. The lowest BCUT2D eigenvalue weighted by Crippen LogP contribution is -2.33. The second-order valence-electron chi connectivity index (χ2n) is 6.12. The third-order valence-electron chi connectivity index (χ3n) is 4.76. The zero-order valence-electron chi connectivity index (χ0n) is 13.4. The molecule has 25 heavy (non-hydrogen) atoms. The van der Waals surface area contributed by atoms with Crippen LogP contribution in [-0.4, -0.2) is 36.6 Å². The van der Waals surface area contributed by atoms with Crippen LogP contribution in [-0.2, 0) is 15.5 Å². The molecule has 2 bridgehead atoms. The van der Waals surface area contributed by atoms with Crippen molar-refractivity contribution in [2.45, 2.75) is 57.0 Å². The van der Waals surface area contributed by atoms with Crippen LogP contribution in [0.5, 0.6) is 0 Å². The molecule has 7 nitrogen and oxygen atoms in total. The van der Waals surface area contributed by atoms with Gasteiger partial charge in [-0.3, -0.25) is 13.6 Å². The van der Waals surface area contributed by atoms with Crippen molar-refractivity contribution in [3.05, 3.63) is 27.7 Å². The van der Waals surface area contributed by atoms with Crippen molar-refractivity contribution in [1.29, 1.82) is 0 Å². The molecule has 4 rings (SSSR count). The normalized spacial score (nSPS) is 23.8. The number of hydrogen-bond acceptors (Lipinski definition) is 6. The van der Waals surface area contributed by atoms with E-state index < -0.39 is 22.3 Å². The molecule has 0 amide bonds. The molecule has 0 radical (unpaired) electrons. The van der Waals surface area contributed by atoms with Gasteiger partial charge in [0.15, 0.2) is 0 Å². The minimum Gasteiger partial charge on any atom is -0.462 e. The molecule has 3 unspecified atom stereocenters. The van der Waals surface area contributed by atoms with E-state index in [2.05, 4.69) is 9.97 Å². The fraction of sp³-hybridized carbons (Fsp3) is 0.529. The van der Waals surface area contributed by atoms with Crippen LogP contribution < -0.4 is 5.56 Å². The Morgan fingerprint density at radius 3 is 2.88 bits per heavy atom. The molecular weight excluding hydrogens is 342 g/mol. The van der Waals surface area contributed by atoms with Gasteiger partial charge in [-0.2, -0.15) is 0 Å². The number of nitrogens with zero attached hydrogens (tertiary/aromatic N) is 3. The number of aryl methyl sites for hydroxylation is 1.